The van der Waals surface area contributed by atoms with E-state index in [1.807, 2.05) is 0 Å². The van der Waals surface area contributed by atoms with E-state index in [1.165, 1.54) is 25.5 Å². The lowest BCUT2D eigenvalue weighted by atomic mass is 10.2. The number of aromatic hydroxyl groups is 3. The van der Waals surface area contributed by atoms with Crippen LogP contribution < -0.4 is 5.90 Å². The fourth-order valence-corrected chi connectivity index (χ4v) is 1.47. The lowest BCUT2D eigenvalue weighted by molar-refractivity contribution is -0.282. The van der Waals surface area contributed by atoms with Gasteiger partial charge < -0.3 is 15.3 Å². The van der Waals surface area contributed by atoms with Crippen LogP contribution in [0.5, 0.6) is 17.2 Å². The highest BCUT2D eigenvalue weighted by atomic mass is 17.3. The monoisotopic (exact) mass is 308 g/mol. The third-order valence-electron chi connectivity index (χ3n) is 2.53. The van der Waals surface area contributed by atoms with Crippen LogP contribution in [0.1, 0.15) is 15.6 Å². The van der Waals surface area contributed by atoms with Gasteiger partial charge in [0.25, 0.3) is 6.61 Å². The Bertz CT molecular complexity index is 613. The van der Waals surface area contributed by atoms with Crippen LogP contribution in [-0.2, 0) is 16.5 Å². The lowest BCUT2D eigenvalue weighted by Crippen LogP contribution is -1.93. The molecular formula is C15H18NO6+. The number of para-hydroxylation sites is 1. The van der Waals surface area contributed by atoms with Gasteiger partial charge in [-0.25, -0.2) is 4.89 Å². The third-order valence-corrected chi connectivity index (χ3v) is 2.53. The molecule has 0 fully saturated rings. The van der Waals surface area contributed by atoms with Crippen molar-refractivity contribution in [2.75, 3.05) is 7.11 Å². The Morgan fingerprint density at radius 1 is 1.05 bits per heavy atom. The van der Waals surface area contributed by atoms with E-state index in [1.54, 1.807) is 30.3 Å². The Kier molecular flexibility index (Phi) is 7.41. The van der Waals surface area contributed by atoms with Crippen LogP contribution in [0.2, 0.25) is 0 Å². The van der Waals surface area contributed by atoms with Crippen LogP contribution >= 0.6 is 0 Å². The highest BCUT2D eigenvalue weighted by Gasteiger charge is 2.05. The molecule has 7 nitrogen and oxygen atoms in total. The molecule has 0 aliphatic carbocycles. The molecule has 0 bridgehead atoms. The molecule has 22 heavy (non-hydrogen) atoms. The van der Waals surface area contributed by atoms with Crippen molar-refractivity contribution >= 4 is 6.29 Å². The molecule has 2 aromatic rings. The smallest absolute Gasteiger partial charge is 0.319 e. The largest absolute Gasteiger partial charge is 0.507 e. The van der Waals surface area contributed by atoms with E-state index in [0.29, 0.717) is 5.56 Å². The van der Waals surface area contributed by atoms with Crippen LogP contribution in [0.4, 0.5) is 0 Å². The topological polar surface area (TPSA) is 116 Å². The summed E-state index contributed by atoms with van der Waals surface area (Å²) in [7, 11) is 1.33. The van der Waals surface area contributed by atoms with Crippen LogP contribution in [0.3, 0.4) is 0 Å². The van der Waals surface area contributed by atoms with Crippen LogP contribution in [-0.4, -0.2) is 28.7 Å². The fraction of sp³-hybridized carbons (Fsp3) is 0.133. The van der Waals surface area contributed by atoms with Gasteiger partial charge in [0.05, 0.1) is 12.7 Å². The minimum atomic E-state index is -0.182. The van der Waals surface area contributed by atoms with Crippen molar-refractivity contribution in [2.45, 2.75) is 6.61 Å². The molecule has 0 aliphatic rings. The van der Waals surface area contributed by atoms with Crippen molar-refractivity contribution in [2.24, 2.45) is 5.90 Å². The summed E-state index contributed by atoms with van der Waals surface area (Å²) >= 11 is 0. The van der Waals surface area contributed by atoms with Crippen molar-refractivity contribution in [1.82, 2.24) is 0 Å². The molecule has 118 valence electrons. The Hall–Kier alpha value is -2.61. The number of hydrogen-bond donors (Lipinski definition) is 4. The maximum absolute atomic E-state index is 9.50. The maximum Gasteiger partial charge on any atom is 0.319 e. The van der Waals surface area contributed by atoms with Gasteiger partial charge in [-0.15, -0.1) is 4.99 Å². The van der Waals surface area contributed by atoms with E-state index >= 15 is 0 Å². The molecule has 0 atom stereocenters. The standard InChI is InChI=1S/C14H12O4.CH5NO2/c15-12-4-2-1-3-11(12)9-18-8-10-5-6-13(16)14(17)7-10;1-3-4-2/h1-7,9H,8H2,(H2-,15,16,17);2H2,1H3/p+1. The Morgan fingerprint density at radius 3 is 2.32 bits per heavy atom. The molecule has 0 aromatic heterocycles. The zero-order chi connectivity index (χ0) is 16.4. The average molecular weight is 308 g/mol. The Morgan fingerprint density at radius 2 is 1.73 bits per heavy atom. The normalized spacial score (nSPS) is 10.3. The molecular weight excluding hydrogens is 290 g/mol. The fourth-order valence-electron chi connectivity index (χ4n) is 1.47. The molecule has 0 amide bonds. The number of hydrogen-bond acceptors (Lipinski definition) is 6. The molecule has 2 aromatic carbocycles. The summed E-state index contributed by atoms with van der Waals surface area (Å²) in [5, 5.41) is 28.0. The molecule has 0 radical (unpaired) electrons. The van der Waals surface area contributed by atoms with Gasteiger partial charge >= 0.3 is 6.29 Å². The second-order valence-corrected chi connectivity index (χ2v) is 4.07. The van der Waals surface area contributed by atoms with Gasteiger partial charge in [-0.05, 0) is 30.3 Å². The van der Waals surface area contributed by atoms with Crippen LogP contribution in [0.25, 0.3) is 0 Å². The number of carbonyl (C=O) groups excluding carboxylic acids is 1. The van der Waals surface area contributed by atoms with Crippen molar-refractivity contribution < 1.29 is 29.6 Å². The zero-order valence-electron chi connectivity index (χ0n) is 12.0. The molecule has 2 rings (SSSR count). The highest BCUT2D eigenvalue weighted by molar-refractivity contribution is 5.79. The van der Waals surface area contributed by atoms with Gasteiger partial charge in [0, 0.05) is 0 Å². The first kappa shape index (κ1) is 17.4. The van der Waals surface area contributed by atoms with Crippen LogP contribution in [0.15, 0.2) is 42.5 Å². The molecule has 0 saturated carbocycles. The summed E-state index contributed by atoms with van der Waals surface area (Å²) in [6, 6.07) is 11.3. The molecule has 0 aliphatic heterocycles. The second kappa shape index (κ2) is 9.35. The maximum atomic E-state index is 9.50. The third kappa shape index (κ3) is 5.80. The Balaban J connectivity index is 0.000000541. The SMILES string of the molecule is COON.Oc1ccc(C[O+]=Cc2ccccc2O)cc1O. The Labute approximate surface area is 127 Å². The number of phenols is 3. The summed E-state index contributed by atoms with van der Waals surface area (Å²) in [4.78, 5) is 7.36. The van der Waals surface area contributed by atoms with Gasteiger partial charge in [-0.3, -0.25) is 4.42 Å². The molecule has 0 saturated heterocycles. The summed E-state index contributed by atoms with van der Waals surface area (Å²) in [6.45, 7) is 0.238. The first-order chi connectivity index (χ1) is 10.6. The number of phenolic OH excluding ortho intramolecular Hbond substituents is 3. The number of nitrogens with two attached hydrogens (primary N) is 1. The van der Waals surface area contributed by atoms with E-state index in [2.05, 4.69) is 15.8 Å². The molecule has 0 heterocycles. The minimum absolute atomic E-state index is 0.144. The second-order valence-electron chi connectivity index (χ2n) is 4.07. The zero-order valence-corrected chi connectivity index (χ0v) is 12.0. The number of aldehydes is 1. The van der Waals surface area contributed by atoms with Gasteiger partial charge in [0.1, 0.15) is 11.3 Å². The van der Waals surface area contributed by atoms with Gasteiger partial charge in [0.2, 0.25) is 0 Å². The minimum Gasteiger partial charge on any atom is -0.507 e. The highest BCUT2D eigenvalue weighted by Crippen LogP contribution is 2.25. The summed E-state index contributed by atoms with van der Waals surface area (Å²) in [5.74, 6) is 4.10. The van der Waals surface area contributed by atoms with E-state index < -0.39 is 0 Å². The summed E-state index contributed by atoms with van der Waals surface area (Å²) in [6.07, 6.45) is 1.44. The van der Waals surface area contributed by atoms with Gasteiger partial charge in [0.15, 0.2) is 11.5 Å². The van der Waals surface area contributed by atoms with Crippen molar-refractivity contribution in [1.29, 1.82) is 0 Å². The van der Waals surface area contributed by atoms with Crippen molar-refractivity contribution in [3.05, 3.63) is 53.6 Å². The first-order valence-electron chi connectivity index (χ1n) is 6.21. The molecule has 0 spiro atoms. The summed E-state index contributed by atoms with van der Waals surface area (Å²) < 4.78 is 5.30. The molecule has 7 heteroatoms. The molecule has 0 unspecified atom stereocenters. The van der Waals surface area contributed by atoms with Gasteiger partial charge in [-0.1, -0.05) is 12.1 Å². The lowest BCUT2D eigenvalue weighted by Gasteiger charge is -1.96. The van der Waals surface area contributed by atoms with E-state index in [4.69, 9.17) is 9.53 Å². The van der Waals surface area contributed by atoms with E-state index in [-0.39, 0.29) is 23.9 Å². The van der Waals surface area contributed by atoms with Crippen molar-refractivity contribution in [3.63, 3.8) is 0 Å². The van der Waals surface area contributed by atoms with Crippen molar-refractivity contribution in [3.8, 4) is 17.2 Å². The van der Waals surface area contributed by atoms with E-state index in [9.17, 15) is 10.2 Å². The quantitative estimate of drug-likeness (QED) is 0.225. The van der Waals surface area contributed by atoms with E-state index in [0.717, 1.165) is 5.56 Å². The predicted molar refractivity (Wildman–Crippen MR) is 79.3 cm³/mol. The number of rotatable bonds is 4. The average Bonchev–Trinajstić information content (AvgIpc) is 2.53. The van der Waals surface area contributed by atoms with Crippen LogP contribution in [0, 0.1) is 0 Å². The molecule has 5 N–H and O–H groups in total. The first-order valence-corrected chi connectivity index (χ1v) is 6.21. The van der Waals surface area contributed by atoms with Gasteiger partial charge in [-0.2, -0.15) is 5.90 Å². The number of benzene rings is 2. The summed E-state index contributed by atoms with van der Waals surface area (Å²) in [5.41, 5.74) is 1.30. The predicted octanol–water partition coefficient (Wildman–Crippen LogP) is 1.79.